The fraction of sp³-hybridized carbons (Fsp3) is 0.538. The number of likely N-dealkylation sites (tertiary alicyclic amines) is 1. The Hall–Kier alpha value is -1.18. The van der Waals surface area contributed by atoms with Gasteiger partial charge in [-0.15, -0.1) is 10.2 Å². The van der Waals surface area contributed by atoms with Gasteiger partial charge in [0.05, 0.1) is 18.7 Å². The van der Waals surface area contributed by atoms with Crippen molar-refractivity contribution in [2.75, 3.05) is 13.7 Å². The van der Waals surface area contributed by atoms with Gasteiger partial charge >= 0.3 is 0 Å². The van der Waals surface area contributed by atoms with Crippen LogP contribution in [0.3, 0.4) is 0 Å². The first-order valence-electron chi connectivity index (χ1n) is 6.52. The van der Waals surface area contributed by atoms with Crippen molar-refractivity contribution in [2.45, 2.75) is 25.1 Å². The van der Waals surface area contributed by atoms with E-state index < -0.39 is 0 Å². The molecule has 0 saturated carbocycles. The van der Waals surface area contributed by atoms with E-state index in [1.165, 1.54) is 0 Å². The molecule has 20 heavy (non-hydrogen) atoms. The molecule has 0 aliphatic carbocycles. The van der Waals surface area contributed by atoms with Crippen molar-refractivity contribution in [1.29, 1.82) is 0 Å². The van der Waals surface area contributed by atoms with Crippen LogP contribution in [0.4, 0.5) is 0 Å². The first-order chi connectivity index (χ1) is 9.67. The lowest BCUT2D eigenvalue weighted by molar-refractivity contribution is 0.106. The number of rotatable bonds is 4. The van der Waals surface area contributed by atoms with Crippen molar-refractivity contribution in [1.82, 2.24) is 19.7 Å². The average Bonchev–Trinajstić information content (AvgIpc) is 3.11. The summed E-state index contributed by atoms with van der Waals surface area (Å²) in [6, 6.07) is 4.10. The first kappa shape index (κ1) is 13.8. The first-order valence-corrected chi connectivity index (χ1v) is 7.31. The van der Waals surface area contributed by atoms with Gasteiger partial charge in [0.1, 0.15) is 17.9 Å². The van der Waals surface area contributed by atoms with Crippen LogP contribution in [0.5, 0.6) is 0 Å². The molecule has 0 unspecified atom stereocenters. The second kappa shape index (κ2) is 5.67. The highest BCUT2D eigenvalue weighted by molar-refractivity contribution is 9.10. The van der Waals surface area contributed by atoms with Crippen LogP contribution in [0.15, 0.2) is 27.5 Å². The van der Waals surface area contributed by atoms with E-state index >= 15 is 0 Å². The van der Waals surface area contributed by atoms with E-state index in [-0.39, 0.29) is 12.1 Å². The van der Waals surface area contributed by atoms with Crippen LogP contribution < -0.4 is 0 Å². The second-order valence-corrected chi connectivity index (χ2v) is 5.83. The van der Waals surface area contributed by atoms with Gasteiger partial charge in [0.25, 0.3) is 0 Å². The maximum atomic E-state index is 5.60. The molecule has 1 fully saturated rings. The number of hydrogen-bond donors (Lipinski definition) is 0. The zero-order chi connectivity index (χ0) is 14.1. The standard InChI is InChI=1S/C13H17BrN4O2/c1-17-8-15-16-13(17)11-5-10(19-2)7-18(11)6-9-3-4-12(14)20-9/h3-4,8,10-11H,5-7H2,1-2H3/t10-,11+/m1/s1. The molecule has 0 bridgehead atoms. The van der Waals surface area contributed by atoms with Gasteiger partial charge in [-0.2, -0.15) is 0 Å². The maximum absolute atomic E-state index is 5.60. The molecule has 1 aliphatic rings. The Bertz CT molecular complexity index is 582. The number of nitrogens with zero attached hydrogens (tertiary/aromatic N) is 4. The summed E-state index contributed by atoms with van der Waals surface area (Å²) < 4.78 is 13.8. The fourth-order valence-corrected chi connectivity index (χ4v) is 3.05. The molecule has 1 saturated heterocycles. The molecule has 0 radical (unpaired) electrons. The zero-order valence-corrected chi connectivity index (χ0v) is 13.1. The number of hydrogen-bond acceptors (Lipinski definition) is 5. The van der Waals surface area contributed by atoms with Gasteiger partial charge < -0.3 is 13.7 Å². The molecule has 0 aromatic carbocycles. The Morgan fingerprint density at radius 1 is 1.50 bits per heavy atom. The Morgan fingerprint density at radius 2 is 2.35 bits per heavy atom. The smallest absolute Gasteiger partial charge is 0.169 e. The Morgan fingerprint density at radius 3 is 2.95 bits per heavy atom. The average molecular weight is 341 g/mol. The molecular formula is C13H17BrN4O2. The van der Waals surface area contributed by atoms with Gasteiger partial charge in [0.2, 0.25) is 0 Å². The molecule has 3 heterocycles. The number of halogens is 1. The molecule has 1 aliphatic heterocycles. The summed E-state index contributed by atoms with van der Waals surface area (Å²) in [4.78, 5) is 2.32. The minimum Gasteiger partial charge on any atom is -0.453 e. The molecule has 3 rings (SSSR count). The van der Waals surface area contributed by atoms with Gasteiger partial charge in [0, 0.05) is 20.7 Å². The van der Waals surface area contributed by atoms with Gasteiger partial charge in [-0.3, -0.25) is 4.90 Å². The molecule has 7 heteroatoms. The normalized spacial score (nSPS) is 23.6. The molecular weight excluding hydrogens is 324 g/mol. The molecule has 6 nitrogen and oxygen atoms in total. The van der Waals surface area contributed by atoms with E-state index in [9.17, 15) is 0 Å². The van der Waals surface area contributed by atoms with Crippen LogP contribution in [0.1, 0.15) is 24.0 Å². The number of aryl methyl sites for hydroxylation is 1. The predicted molar refractivity (Wildman–Crippen MR) is 76.0 cm³/mol. The largest absolute Gasteiger partial charge is 0.453 e. The molecule has 2 aromatic heterocycles. The Labute approximate surface area is 125 Å². The summed E-state index contributed by atoms with van der Waals surface area (Å²) in [6.07, 6.45) is 2.87. The maximum Gasteiger partial charge on any atom is 0.169 e. The summed E-state index contributed by atoms with van der Waals surface area (Å²) in [5.74, 6) is 1.90. The van der Waals surface area contributed by atoms with E-state index in [0.717, 1.165) is 35.8 Å². The molecule has 0 N–H and O–H groups in total. The van der Waals surface area contributed by atoms with Crippen molar-refractivity contribution >= 4 is 15.9 Å². The second-order valence-electron chi connectivity index (χ2n) is 5.04. The lowest BCUT2D eigenvalue weighted by Crippen LogP contribution is -2.26. The lowest BCUT2D eigenvalue weighted by atomic mass is 10.2. The quantitative estimate of drug-likeness (QED) is 0.853. The number of ether oxygens (including phenoxy) is 1. The van der Waals surface area contributed by atoms with E-state index in [1.54, 1.807) is 13.4 Å². The van der Waals surface area contributed by atoms with Crippen LogP contribution >= 0.6 is 15.9 Å². The molecule has 2 aromatic rings. The van der Waals surface area contributed by atoms with Crippen molar-refractivity contribution in [2.24, 2.45) is 7.05 Å². The lowest BCUT2D eigenvalue weighted by Gasteiger charge is -2.21. The van der Waals surface area contributed by atoms with E-state index in [1.807, 2.05) is 23.7 Å². The molecule has 2 atom stereocenters. The SMILES string of the molecule is CO[C@@H]1C[C@@H](c2nncn2C)N(Cc2ccc(Br)o2)C1. The van der Waals surface area contributed by atoms with Crippen LogP contribution in [-0.4, -0.2) is 39.4 Å². The van der Waals surface area contributed by atoms with Gasteiger partial charge in [-0.05, 0) is 34.5 Å². The third kappa shape index (κ3) is 2.65. The van der Waals surface area contributed by atoms with Crippen LogP contribution in [-0.2, 0) is 18.3 Å². The summed E-state index contributed by atoms with van der Waals surface area (Å²) in [7, 11) is 3.72. The third-order valence-corrected chi connectivity index (χ3v) is 4.16. The summed E-state index contributed by atoms with van der Waals surface area (Å²) >= 11 is 3.34. The highest BCUT2D eigenvalue weighted by atomic mass is 79.9. The van der Waals surface area contributed by atoms with E-state index in [2.05, 4.69) is 31.0 Å². The third-order valence-electron chi connectivity index (χ3n) is 3.73. The van der Waals surface area contributed by atoms with Crippen molar-refractivity contribution in [3.63, 3.8) is 0 Å². The molecule has 0 amide bonds. The molecule has 108 valence electrons. The summed E-state index contributed by atoms with van der Waals surface area (Å²) in [5.41, 5.74) is 0. The minimum absolute atomic E-state index is 0.205. The summed E-state index contributed by atoms with van der Waals surface area (Å²) in [5, 5.41) is 8.22. The number of aromatic nitrogens is 3. The van der Waals surface area contributed by atoms with E-state index in [4.69, 9.17) is 9.15 Å². The van der Waals surface area contributed by atoms with Crippen LogP contribution in [0, 0.1) is 0 Å². The van der Waals surface area contributed by atoms with E-state index in [0.29, 0.717) is 0 Å². The van der Waals surface area contributed by atoms with Crippen molar-refractivity contribution < 1.29 is 9.15 Å². The van der Waals surface area contributed by atoms with Gasteiger partial charge in [0.15, 0.2) is 4.67 Å². The predicted octanol–water partition coefficient (Wildman–Crippen LogP) is 2.13. The van der Waals surface area contributed by atoms with Crippen LogP contribution in [0.25, 0.3) is 0 Å². The monoisotopic (exact) mass is 340 g/mol. The number of methoxy groups -OCH3 is 1. The minimum atomic E-state index is 0.205. The topological polar surface area (TPSA) is 56.3 Å². The van der Waals surface area contributed by atoms with Crippen molar-refractivity contribution in [3.05, 3.63) is 34.7 Å². The molecule has 0 spiro atoms. The van der Waals surface area contributed by atoms with Gasteiger partial charge in [-0.1, -0.05) is 0 Å². The highest BCUT2D eigenvalue weighted by Crippen LogP contribution is 2.33. The highest BCUT2D eigenvalue weighted by Gasteiger charge is 2.36. The van der Waals surface area contributed by atoms with Crippen molar-refractivity contribution in [3.8, 4) is 0 Å². The van der Waals surface area contributed by atoms with Gasteiger partial charge in [-0.25, -0.2) is 0 Å². The summed E-state index contributed by atoms with van der Waals surface area (Å²) in [6.45, 7) is 1.61. The van der Waals surface area contributed by atoms with Crippen LogP contribution in [0.2, 0.25) is 0 Å². The fourth-order valence-electron chi connectivity index (χ4n) is 2.71. The Kier molecular flexibility index (Phi) is 3.91. The number of furan rings is 1. The Balaban J connectivity index is 1.81. The zero-order valence-electron chi connectivity index (χ0n) is 11.5.